The quantitative estimate of drug-likeness (QED) is 0.392. The first kappa shape index (κ1) is 24.7. The number of aromatic nitrogens is 5. The van der Waals surface area contributed by atoms with Crippen LogP contribution in [0.15, 0.2) is 43.0 Å². The molecule has 1 aliphatic rings. The summed E-state index contributed by atoms with van der Waals surface area (Å²) in [5.74, 6) is -1.04. The van der Waals surface area contributed by atoms with Crippen LogP contribution in [0, 0.1) is 0 Å². The van der Waals surface area contributed by atoms with Gasteiger partial charge >= 0.3 is 0 Å². The lowest BCUT2D eigenvalue weighted by Crippen LogP contribution is -2.43. The van der Waals surface area contributed by atoms with Gasteiger partial charge in [0.15, 0.2) is 11.5 Å². The van der Waals surface area contributed by atoms with Crippen LogP contribution < -0.4 is 11.1 Å². The molecule has 4 aromatic rings. The van der Waals surface area contributed by atoms with Gasteiger partial charge in [-0.05, 0) is 24.7 Å². The van der Waals surface area contributed by atoms with E-state index in [-0.39, 0.29) is 22.8 Å². The van der Waals surface area contributed by atoms with Gasteiger partial charge in [-0.1, -0.05) is 12.1 Å². The Morgan fingerprint density at radius 3 is 2.49 bits per heavy atom. The fraction of sp³-hybridized carbons (Fsp3) is 0.320. The van der Waals surface area contributed by atoms with Crippen LogP contribution in [0.4, 0.5) is 20.3 Å². The van der Waals surface area contributed by atoms with E-state index in [2.05, 4.69) is 42.1 Å². The fourth-order valence-corrected chi connectivity index (χ4v) is 4.37. The van der Waals surface area contributed by atoms with Crippen molar-refractivity contribution in [2.75, 3.05) is 38.5 Å². The van der Waals surface area contributed by atoms with Crippen molar-refractivity contribution in [3.05, 3.63) is 59.9 Å². The molecule has 37 heavy (non-hydrogen) atoms. The Hall–Kier alpha value is -4.03. The van der Waals surface area contributed by atoms with Crippen molar-refractivity contribution in [1.82, 2.24) is 34.3 Å². The summed E-state index contributed by atoms with van der Waals surface area (Å²) >= 11 is 0. The lowest BCUT2D eigenvalue weighted by Gasteiger charge is -2.32. The topological polar surface area (TPSA) is 118 Å². The number of pyridine rings is 1. The molecule has 1 amide bonds. The van der Waals surface area contributed by atoms with Crippen LogP contribution in [0.3, 0.4) is 0 Å². The molecule has 4 heterocycles. The first-order valence-electron chi connectivity index (χ1n) is 11.8. The Morgan fingerprint density at radius 2 is 1.81 bits per heavy atom. The average molecular weight is 508 g/mol. The second-order valence-electron chi connectivity index (χ2n) is 9.13. The number of primary amides is 1. The smallest absolute Gasteiger partial charge is 0.282 e. The number of imidazole rings is 1. The Kier molecular flexibility index (Phi) is 6.76. The van der Waals surface area contributed by atoms with Gasteiger partial charge in [0.05, 0.1) is 18.0 Å². The number of likely N-dealkylation sites (N-methyl/N-ethyl adjacent to an activating group) is 1. The summed E-state index contributed by atoms with van der Waals surface area (Å²) < 4.78 is 30.0. The van der Waals surface area contributed by atoms with Crippen molar-refractivity contribution in [3.8, 4) is 11.3 Å². The Balaban J connectivity index is 1.46. The number of hydrogen-bond acceptors (Lipinski definition) is 8. The van der Waals surface area contributed by atoms with Crippen LogP contribution in [-0.2, 0) is 13.6 Å². The van der Waals surface area contributed by atoms with Gasteiger partial charge in [0.25, 0.3) is 12.3 Å². The summed E-state index contributed by atoms with van der Waals surface area (Å²) in [5.41, 5.74) is 7.51. The Morgan fingerprint density at radius 1 is 1.08 bits per heavy atom. The summed E-state index contributed by atoms with van der Waals surface area (Å²) in [6.45, 7) is 4.87. The molecule has 5 rings (SSSR count). The first-order valence-corrected chi connectivity index (χ1v) is 11.8. The van der Waals surface area contributed by atoms with Gasteiger partial charge < -0.3 is 20.5 Å². The largest absolute Gasteiger partial charge is 0.364 e. The number of nitrogens with one attached hydrogen (secondary N) is 1. The summed E-state index contributed by atoms with van der Waals surface area (Å²) in [6, 6.07) is 7.53. The predicted molar refractivity (Wildman–Crippen MR) is 136 cm³/mol. The van der Waals surface area contributed by atoms with Crippen molar-refractivity contribution < 1.29 is 13.6 Å². The van der Waals surface area contributed by atoms with Gasteiger partial charge in [0.2, 0.25) is 0 Å². The molecule has 0 radical (unpaired) electrons. The molecule has 3 aromatic heterocycles. The van der Waals surface area contributed by atoms with E-state index in [1.54, 1.807) is 24.1 Å². The van der Waals surface area contributed by atoms with E-state index in [1.165, 1.54) is 6.20 Å². The summed E-state index contributed by atoms with van der Waals surface area (Å²) in [6.07, 6.45) is 1.53. The maximum absolute atomic E-state index is 14.2. The van der Waals surface area contributed by atoms with Crippen LogP contribution in [-0.4, -0.2) is 73.4 Å². The highest BCUT2D eigenvalue weighted by molar-refractivity contribution is 5.98. The molecule has 3 N–H and O–H groups in total. The molecular weight excluding hydrogens is 480 g/mol. The Labute approximate surface area is 212 Å². The van der Waals surface area contributed by atoms with Gasteiger partial charge in [-0.15, -0.1) is 0 Å². The molecule has 1 saturated heterocycles. The van der Waals surface area contributed by atoms with E-state index in [1.807, 2.05) is 24.3 Å². The number of anilines is 2. The van der Waals surface area contributed by atoms with Crippen LogP contribution in [0.5, 0.6) is 0 Å². The molecule has 0 bridgehead atoms. The third kappa shape index (κ3) is 5.11. The number of nitrogens with zero attached hydrogens (tertiary/aromatic N) is 7. The maximum Gasteiger partial charge on any atom is 0.282 e. The second kappa shape index (κ2) is 10.1. The summed E-state index contributed by atoms with van der Waals surface area (Å²) in [4.78, 5) is 33.7. The number of benzene rings is 1. The number of carbonyl (C=O) groups is 1. The SMILES string of the molecule is CN1CCN(Cc2ccc(Nc3nc(C(F)F)c(-c4cncc5c4ncn5C)nc3C(N)=O)cc2)CC1. The number of fused-ring (bicyclic) bond motifs is 1. The standard InChI is InChI=1S/C25H27F2N9O/c1-34-7-9-36(10-8-34)13-15-3-5-16(6-4-15)31-25-22(24(28)37)32-20(21(33-25)23(26)27)17-11-29-12-18-19(17)30-14-35(18)2/h3-6,11-12,14,23H,7-10,13H2,1-2H3,(H2,28,37)(H,31,33). The molecule has 10 nitrogen and oxygen atoms in total. The van der Waals surface area contributed by atoms with E-state index in [0.717, 1.165) is 38.3 Å². The molecule has 0 aliphatic carbocycles. The molecule has 0 spiro atoms. The number of amides is 1. The molecule has 192 valence electrons. The average Bonchev–Trinajstić information content (AvgIpc) is 3.27. The van der Waals surface area contributed by atoms with E-state index in [4.69, 9.17) is 5.73 Å². The van der Waals surface area contributed by atoms with Crippen LogP contribution in [0.1, 0.15) is 28.2 Å². The number of nitrogens with two attached hydrogens (primary N) is 1. The van der Waals surface area contributed by atoms with Gasteiger partial charge in [-0.2, -0.15) is 0 Å². The highest BCUT2D eigenvalue weighted by Crippen LogP contribution is 2.34. The Bertz CT molecular complexity index is 1430. The van der Waals surface area contributed by atoms with Gasteiger partial charge in [-0.25, -0.2) is 23.7 Å². The van der Waals surface area contributed by atoms with Gasteiger partial charge in [-0.3, -0.25) is 14.7 Å². The van der Waals surface area contributed by atoms with E-state index in [0.29, 0.717) is 16.7 Å². The first-order chi connectivity index (χ1) is 17.8. The van der Waals surface area contributed by atoms with Crippen molar-refractivity contribution in [2.24, 2.45) is 12.8 Å². The van der Waals surface area contributed by atoms with E-state index in [9.17, 15) is 13.6 Å². The molecular formula is C25H27F2N9O. The lowest BCUT2D eigenvalue weighted by molar-refractivity contribution is 0.0995. The van der Waals surface area contributed by atoms with E-state index < -0.39 is 18.0 Å². The predicted octanol–water partition coefficient (Wildman–Crippen LogP) is 2.95. The molecule has 0 saturated carbocycles. The summed E-state index contributed by atoms with van der Waals surface area (Å²) in [7, 11) is 3.88. The number of piperazine rings is 1. The monoisotopic (exact) mass is 507 g/mol. The zero-order chi connectivity index (χ0) is 26.1. The highest BCUT2D eigenvalue weighted by Gasteiger charge is 2.26. The number of carbonyl (C=O) groups excluding carboxylic acids is 1. The molecule has 0 atom stereocenters. The van der Waals surface area contributed by atoms with Gasteiger partial charge in [0, 0.05) is 57.2 Å². The molecule has 1 aliphatic heterocycles. The van der Waals surface area contributed by atoms with Crippen molar-refractivity contribution in [3.63, 3.8) is 0 Å². The van der Waals surface area contributed by atoms with E-state index >= 15 is 0 Å². The zero-order valence-corrected chi connectivity index (χ0v) is 20.5. The minimum Gasteiger partial charge on any atom is -0.364 e. The molecule has 1 fully saturated rings. The van der Waals surface area contributed by atoms with Crippen molar-refractivity contribution in [2.45, 2.75) is 13.0 Å². The van der Waals surface area contributed by atoms with Crippen LogP contribution >= 0.6 is 0 Å². The summed E-state index contributed by atoms with van der Waals surface area (Å²) in [5, 5.41) is 2.94. The number of hydrogen-bond donors (Lipinski definition) is 2. The third-order valence-electron chi connectivity index (χ3n) is 6.47. The minimum absolute atomic E-state index is 0.139. The van der Waals surface area contributed by atoms with Crippen molar-refractivity contribution in [1.29, 1.82) is 0 Å². The number of alkyl halides is 2. The molecule has 12 heteroatoms. The van der Waals surface area contributed by atoms with Crippen LogP contribution in [0.25, 0.3) is 22.3 Å². The number of aryl methyl sites for hydroxylation is 1. The lowest BCUT2D eigenvalue weighted by atomic mass is 10.1. The van der Waals surface area contributed by atoms with Crippen LogP contribution in [0.2, 0.25) is 0 Å². The zero-order valence-electron chi connectivity index (χ0n) is 20.5. The van der Waals surface area contributed by atoms with Crippen molar-refractivity contribution >= 4 is 28.4 Å². The fourth-order valence-electron chi connectivity index (χ4n) is 4.37. The second-order valence-corrected chi connectivity index (χ2v) is 9.13. The van der Waals surface area contributed by atoms with Gasteiger partial charge in [0.1, 0.15) is 16.9 Å². The normalized spacial score (nSPS) is 14.9. The minimum atomic E-state index is -2.96. The highest BCUT2D eigenvalue weighted by atomic mass is 19.3. The maximum atomic E-state index is 14.2. The number of halogens is 2. The third-order valence-corrected chi connectivity index (χ3v) is 6.47. The molecule has 1 aromatic carbocycles. The molecule has 0 unspecified atom stereocenters. The number of rotatable bonds is 7.